The van der Waals surface area contributed by atoms with E-state index in [-0.39, 0.29) is 18.0 Å². The summed E-state index contributed by atoms with van der Waals surface area (Å²) in [6, 6.07) is 12.9. The first-order chi connectivity index (χ1) is 19.2. The molecule has 0 bridgehead atoms. The van der Waals surface area contributed by atoms with Gasteiger partial charge in [0.05, 0.1) is 12.1 Å². The van der Waals surface area contributed by atoms with Crippen molar-refractivity contribution in [2.24, 2.45) is 0 Å². The van der Waals surface area contributed by atoms with Crippen LogP contribution in [0, 0.1) is 0 Å². The van der Waals surface area contributed by atoms with Crippen molar-refractivity contribution in [1.82, 2.24) is 24.6 Å². The monoisotopic (exact) mass is 545 g/mol. The third-order valence-electron chi connectivity index (χ3n) is 7.80. The van der Waals surface area contributed by atoms with Gasteiger partial charge in [-0.05, 0) is 82.7 Å². The highest BCUT2D eigenvalue weighted by Crippen LogP contribution is 2.36. The summed E-state index contributed by atoms with van der Waals surface area (Å²) in [7, 11) is 0. The van der Waals surface area contributed by atoms with Gasteiger partial charge in [-0.3, -0.25) is 19.4 Å². The number of benzene rings is 1. The number of pyridine rings is 1. The SMILES string of the molecule is CC(C)(C)OC(=O)N1[C@H](Cc2ccc(C(=O)N3CCCC(n4cccn4)C3)cc2)CC[C@@H]1[C@H](O)c1cccnc1. The maximum Gasteiger partial charge on any atom is 0.410 e. The zero-order valence-corrected chi connectivity index (χ0v) is 23.5. The molecule has 0 saturated carbocycles. The summed E-state index contributed by atoms with van der Waals surface area (Å²) < 4.78 is 7.71. The van der Waals surface area contributed by atoms with Crippen LogP contribution >= 0.6 is 0 Å². The van der Waals surface area contributed by atoms with Gasteiger partial charge in [0.1, 0.15) is 11.7 Å². The zero-order valence-electron chi connectivity index (χ0n) is 23.5. The Balaban J connectivity index is 1.28. The summed E-state index contributed by atoms with van der Waals surface area (Å²) in [6.07, 6.45) is 9.71. The number of carbonyl (C=O) groups excluding carboxylic acids is 2. The topological polar surface area (TPSA) is 101 Å². The fraction of sp³-hybridized carbons (Fsp3) is 0.484. The lowest BCUT2D eigenvalue weighted by atomic mass is 10.0. The molecule has 4 atom stereocenters. The fourth-order valence-corrected chi connectivity index (χ4v) is 5.88. The van der Waals surface area contributed by atoms with E-state index in [2.05, 4.69) is 10.1 Å². The minimum atomic E-state index is -0.860. The van der Waals surface area contributed by atoms with Gasteiger partial charge in [0.2, 0.25) is 0 Å². The van der Waals surface area contributed by atoms with Gasteiger partial charge in [-0.1, -0.05) is 18.2 Å². The van der Waals surface area contributed by atoms with Crippen molar-refractivity contribution in [1.29, 1.82) is 0 Å². The molecular weight excluding hydrogens is 506 g/mol. The summed E-state index contributed by atoms with van der Waals surface area (Å²) in [5.74, 6) is 0.0271. The predicted molar refractivity (Wildman–Crippen MR) is 151 cm³/mol. The van der Waals surface area contributed by atoms with Crippen LogP contribution in [0.5, 0.6) is 0 Å². The number of aromatic nitrogens is 3. The second kappa shape index (κ2) is 11.8. The minimum Gasteiger partial charge on any atom is -0.444 e. The Hall–Kier alpha value is -3.72. The number of hydrogen-bond acceptors (Lipinski definition) is 6. The number of aliphatic hydroxyl groups excluding tert-OH is 1. The Labute approximate surface area is 235 Å². The third kappa shape index (κ3) is 6.36. The van der Waals surface area contributed by atoms with Crippen LogP contribution in [0.1, 0.15) is 80.1 Å². The summed E-state index contributed by atoms with van der Waals surface area (Å²) >= 11 is 0. The normalized spacial score (nSPS) is 22.2. The van der Waals surface area contributed by atoms with Crippen LogP contribution in [-0.4, -0.2) is 72.4 Å². The van der Waals surface area contributed by atoms with E-state index in [9.17, 15) is 14.7 Å². The number of likely N-dealkylation sites (tertiary alicyclic amines) is 2. The molecule has 9 heteroatoms. The molecule has 212 valence electrons. The molecule has 1 N–H and O–H groups in total. The molecule has 2 saturated heterocycles. The van der Waals surface area contributed by atoms with Crippen LogP contribution in [0.2, 0.25) is 0 Å². The van der Waals surface area contributed by atoms with Crippen molar-refractivity contribution < 1.29 is 19.4 Å². The number of hydrogen-bond donors (Lipinski definition) is 1. The van der Waals surface area contributed by atoms with Crippen LogP contribution in [0.25, 0.3) is 0 Å². The molecule has 5 rings (SSSR count). The van der Waals surface area contributed by atoms with E-state index in [1.807, 2.05) is 72.9 Å². The number of amides is 2. The van der Waals surface area contributed by atoms with E-state index in [0.29, 0.717) is 30.5 Å². The molecule has 2 aromatic heterocycles. The first-order valence-corrected chi connectivity index (χ1v) is 14.2. The molecule has 1 unspecified atom stereocenters. The first kappa shape index (κ1) is 27.8. The van der Waals surface area contributed by atoms with Crippen LogP contribution < -0.4 is 0 Å². The van der Waals surface area contributed by atoms with E-state index in [1.54, 1.807) is 29.6 Å². The Morgan fingerprint density at radius 3 is 2.55 bits per heavy atom. The molecule has 9 nitrogen and oxygen atoms in total. The van der Waals surface area contributed by atoms with Gasteiger partial charge in [-0.15, -0.1) is 0 Å². The van der Waals surface area contributed by atoms with Crippen molar-refractivity contribution in [2.75, 3.05) is 13.1 Å². The van der Waals surface area contributed by atoms with Crippen molar-refractivity contribution in [3.05, 3.63) is 83.9 Å². The van der Waals surface area contributed by atoms with Crippen LogP contribution in [-0.2, 0) is 11.2 Å². The summed E-state index contributed by atoms with van der Waals surface area (Å²) in [6.45, 7) is 6.93. The van der Waals surface area contributed by atoms with Gasteiger partial charge >= 0.3 is 6.09 Å². The summed E-state index contributed by atoms with van der Waals surface area (Å²) in [5, 5.41) is 15.5. The van der Waals surface area contributed by atoms with E-state index in [0.717, 1.165) is 31.4 Å². The maximum atomic E-state index is 13.4. The zero-order chi connectivity index (χ0) is 28.3. The Morgan fingerprint density at radius 1 is 1.07 bits per heavy atom. The molecule has 0 radical (unpaired) electrons. The highest BCUT2D eigenvalue weighted by molar-refractivity contribution is 5.94. The fourth-order valence-electron chi connectivity index (χ4n) is 5.88. The number of aliphatic hydroxyl groups is 1. The van der Waals surface area contributed by atoms with Crippen molar-refractivity contribution in [3.8, 4) is 0 Å². The standard InChI is InChI=1S/C31H39N5O4/c1-31(2,3)40-30(39)36-25(13-14-27(36)28(37)24-7-4-15-32-20-24)19-22-9-11-23(12-10-22)29(38)34-17-5-8-26(21-34)35-18-6-16-33-35/h4,6-7,9-12,15-16,18,20,25-28,37H,5,8,13-14,17,19,21H2,1-3H3/t25-,26?,27+,28+/m0/s1. The average molecular weight is 546 g/mol. The molecule has 1 aromatic carbocycles. The quantitative estimate of drug-likeness (QED) is 0.478. The van der Waals surface area contributed by atoms with Gasteiger partial charge < -0.3 is 14.7 Å². The van der Waals surface area contributed by atoms with Crippen molar-refractivity contribution >= 4 is 12.0 Å². The molecular formula is C31H39N5O4. The maximum absolute atomic E-state index is 13.4. The molecule has 4 heterocycles. The van der Waals surface area contributed by atoms with E-state index in [1.165, 1.54) is 0 Å². The van der Waals surface area contributed by atoms with E-state index < -0.39 is 23.8 Å². The third-order valence-corrected chi connectivity index (χ3v) is 7.80. The van der Waals surface area contributed by atoms with E-state index in [4.69, 9.17) is 4.74 Å². The number of carbonyl (C=O) groups is 2. The predicted octanol–water partition coefficient (Wildman–Crippen LogP) is 4.80. The molecule has 2 fully saturated rings. The lowest BCUT2D eigenvalue weighted by Gasteiger charge is -2.35. The van der Waals surface area contributed by atoms with Gasteiger partial charge in [-0.2, -0.15) is 5.10 Å². The summed E-state index contributed by atoms with van der Waals surface area (Å²) in [4.78, 5) is 34.4. The number of piperidine rings is 1. The van der Waals surface area contributed by atoms with Gasteiger partial charge in [-0.25, -0.2) is 4.79 Å². The van der Waals surface area contributed by atoms with Crippen LogP contribution in [0.15, 0.2) is 67.3 Å². The molecule has 0 spiro atoms. The average Bonchev–Trinajstić information content (AvgIpc) is 3.63. The number of ether oxygens (including phenoxy) is 1. The lowest BCUT2D eigenvalue weighted by Crippen LogP contribution is -2.47. The molecule has 40 heavy (non-hydrogen) atoms. The molecule has 3 aromatic rings. The second-order valence-electron chi connectivity index (χ2n) is 11.9. The van der Waals surface area contributed by atoms with Crippen molar-refractivity contribution in [2.45, 2.75) is 82.7 Å². The van der Waals surface area contributed by atoms with Gasteiger partial charge in [0, 0.05) is 55.0 Å². The number of rotatable bonds is 6. The molecule has 2 amide bonds. The van der Waals surface area contributed by atoms with Gasteiger partial charge in [0.15, 0.2) is 0 Å². The molecule has 0 aliphatic carbocycles. The lowest BCUT2D eigenvalue weighted by molar-refractivity contribution is -0.00458. The highest BCUT2D eigenvalue weighted by atomic mass is 16.6. The smallest absolute Gasteiger partial charge is 0.410 e. The number of nitrogens with zero attached hydrogens (tertiary/aromatic N) is 5. The minimum absolute atomic E-state index is 0.0271. The van der Waals surface area contributed by atoms with Gasteiger partial charge in [0.25, 0.3) is 5.91 Å². The summed E-state index contributed by atoms with van der Waals surface area (Å²) in [5.41, 5.74) is 1.71. The van der Waals surface area contributed by atoms with Crippen LogP contribution in [0.4, 0.5) is 4.79 Å². The molecule has 2 aliphatic rings. The first-order valence-electron chi connectivity index (χ1n) is 14.2. The Kier molecular flexibility index (Phi) is 8.21. The largest absolute Gasteiger partial charge is 0.444 e. The second-order valence-corrected chi connectivity index (χ2v) is 11.9. The molecule has 2 aliphatic heterocycles. The van der Waals surface area contributed by atoms with Crippen LogP contribution in [0.3, 0.4) is 0 Å². The van der Waals surface area contributed by atoms with E-state index >= 15 is 0 Å². The highest BCUT2D eigenvalue weighted by Gasteiger charge is 2.43. The Bertz CT molecular complexity index is 1270. The Morgan fingerprint density at radius 2 is 1.88 bits per heavy atom. The van der Waals surface area contributed by atoms with Crippen molar-refractivity contribution in [3.63, 3.8) is 0 Å².